The highest BCUT2D eigenvalue weighted by Crippen LogP contribution is 2.44. The normalized spacial score (nSPS) is 28.3. The molecule has 2 aromatic rings. The zero-order chi connectivity index (χ0) is 14.4. The summed E-state index contributed by atoms with van der Waals surface area (Å²) in [5.74, 6) is 1.28. The van der Waals surface area contributed by atoms with Gasteiger partial charge in [0.1, 0.15) is 0 Å². The Morgan fingerprint density at radius 1 is 0.952 bits per heavy atom. The second-order valence-corrected chi connectivity index (χ2v) is 8.13. The quantitative estimate of drug-likeness (QED) is 0.945. The first-order valence-electron chi connectivity index (χ1n) is 7.63. The van der Waals surface area contributed by atoms with Gasteiger partial charge in [-0.1, -0.05) is 36.8 Å². The maximum absolute atomic E-state index is 12.6. The molecule has 0 heterocycles. The van der Waals surface area contributed by atoms with Crippen LogP contribution in [0.15, 0.2) is 47.4 Å². The monoisotopic (exact) mass is 301 g/mol. The van der Waals surface area contributed by atoms with E-state index in [1.54, 1.807) is 12.1 Å². The van der Waals surface area contributed by atoms with Crippen LogP contribution in [0.3, 0.4) is 0 Å². The van der Waals surface area contributed by atoms with Crippen LogP contribution in [-0.2, 0) is 10.0 Å². The molecule has 4 heteroatoms. The third-order valence-corrected chi connectivity index (χ3v) is 6.56. The van der Waals surface area contributed by atoms with E-state index in [0.717, 1.165) is 23.1 Å². The predicted octanol–water partition coefficient (Wildman–Crippen LogP) is 3.31. The molecular formula is C17H19NO2S. The van der Waals surface area contributed by atoms with Gasteiger partial charge in [-0.05, 0) is 54.0 Å². The van der Waals surface area contributed by atoms with Gasteiger partial charge in [0.05, 0.1) is 4.90 Å². The molecule has 2 saturated carbocycles. The molecule has 0 radical (unpaired) electrons. The van der Waals surface area contributed by atoms with Crippen molar-refractivity contribution in [1.82, 2.24) is 4.72 Å². The summed E-state index contributed by atoms with van der Waals surface area (Å²) in [6, 6.07) is 13.3. The number of rotatable bonds is 3. The largest absolute Gasteiger partial charge is 0.240 e. The Balaban J connectivity index is 1.63. The maximum atomic E-state index is 12.6. The highest BCUT2D eigenvalue weighted by molar-refractivity contribution is 7.89. The minimum atomic E-state index is -3.41. The Hall–Kier alpha value is -1.39. The standard InChI is InChI=1S/C17H19NO2S/c19-21(20,18-17-10-12-5-6-15(17)9-12)16-8-7-13-3-1-2-4-14(13)11-16/h1-4,7-8,11-12,15,17-18H,5-6,9-10H2/t12-,15+,17+/m1/s1. The number of fused-ring (bicyclic) bond motifs is 3. The molecule has 110 valence electrons. The topological polar surface area (TPSA) is 46.2 Å². The first-order valence-corrected chi connectivity index (χ1v) is 9.11. The summed E-state index contributed by atoms with van der Waals surface area (Å²) < 4.78 is 28.1. The fourth-order valence-electron chi connectivity index (χ4n) is 3.99. The molecule has 2 aliphatic carbocycles. The van der Waals surface area contributed by atoms with Gasteiger partial charge in [0.2, 0.25) is 10.0 Å². The molecule has 3 atom stereocenters. The minimum absolute atomic E-state index is 0.139. The molecule has 0 unspecified atom stereocenters. The van der Waals surface area contributed by atoms with Crippen molar-refractivity contribution in [2.24, 2.45) is 11.8 Å². The van der Waals surface area contributed by atoms with E-state index in [1.165, 1.54) is 19.3 Å². The average molecular weight is 301 g/mol. The van der Waals surface area contributed by atoms with Crippen molar-refractivity contribution in [2.75, 3.05) is 0 Å². The number of nitrogens with one attached hydrogen (secondary N) is 1. The van der Waals surface area contributed by atoms with Crippen LogP contribution < -0.4 is 4.72 Å². The minimum Gasteiger partial charge on any atom is -0.208 e. The van der Waals surface area contributed by atoms with E-state index >= 15 is 0 Å². The van der Waals surface area contributed by atoms with E-state index in [2.05, 4.69) is 4.72 Å². The molecule has 21 heavy (non-hydrogen) atoms. The summed E-state index contributed by atoms with van der Waals surface area (Å²) >= 11 is 0. The zero-order valence-corrected chi connectivity index (χ0v) is 12.6. The van der Waals surface area contributed by atoms with Crippen LogP contribution >= 0.6 is 0 Å². The van der Waals surface area contributed by atoms with E-state index in [4.69, 9.17) is 0 Å². The maximum Gasteiger partial charge on any atom is 0.240 e. The van der Waals surface area contributed by atoms with Gasteiger partial charge in [-0.3, -0.25) is 0 Å². The van der Waals surface area contributed by atoms with E-state index in [9.17, 15) is 8.42 Å². The van der Waals surface area contributed by atoms with Crippen molar-refractivity contribution < 1.29 is 8.42 Å². The molecule has 0 saturated heterocycles. The zero-order valence-electron chi connectivity index (χ0n) is 11.8. The molecule has 2 bridgehead atoms. The van der Waals surface area contributed by atoms with Crippen LogP contribution in [0.2, 0.25) is 0 Å². The Morgan fingerprint density at radius 2 is 1.76 bits per heavy atom. The second kappa shape index (κ2) is 4.82. The van der Waals surface area contributed by atoms with Gasteiger partial charge in [0, 0.05) is 6.04 Å². The lowest BCUT2D eigenvalue weighted by Gasteiger charge is -2.22. The summed E-state index contributed by atoms with van der Waals surface area (Å²) in [6.07, 6.45) is 4.66. The Labute approximate surface area is 125 Å². The molecule has 0 aromatic heterocycles. The lowest BCUT2D eigenvalue weighted by molar-refractivity contribution is 0.390. The summed E-state index contributed by atoms with van der Waals surface area (Å²) in [6.45, 7) is 0. The van der Waals surface area contributed by atoms with Gasteiger partial charge in [-0.25, -0.2) is 13.1 Å². The molecule has 1 N–H and O–H groups in total. The third-order valence-electron chi connectivity index (χ3n) is 5.08. The molecule has 2 fully saturated rings. The number of hydrogen-bond acceptors (Lipinski definition) is 2. The number of benzene rings is 2. The van der Waals surface area contributed by atoms with E-state index in [0.29, 0.717) is 10.8 Å². The fraction of sp³-hybridized carbons (Fsp3) is 0.412. The van der Waals surface area contributed by atoms with Gasteiger partial charge in [-0.15, -0.1) is 0 Å². The lowest BCUT2D eigenvalue weighted by atomic mass is 9.96. The highest BCUT2D eigenvalue weighted by Gasteiger charge is 2.41. The average Bonchev–Trinajstić information content (AvgIpc) is 3.09. The second-order valence-electron chi connectivity index (χ2n) is 6.41. The SMILES string of the molecule is O=S(=O)(N[C@H]1C[C@@H]2CC[C@H]1C2)c1ccc2ccccc2c1. The van der Waals surface area contributed by atoms with Gasteiger partial charge < -0.3 is 0 Å². The van der Waals surface area contributed by atoms with Crippen molar-refractivity contribution in [3.05, 3.63) is 42.5 Å². The van der Waals surface area contributed by atoms with Crippen molar-refractivity contribution in [3.8, 4) is 0 Å². The van der Waals surface area contributed by atoms with E-state index < -0.39 is 10.0 Å². The molecule has 3 nitrogen and oxygen atoms in total. The molecule has 0 aliphatic heterocycles. The summed E-state index contributed by atoms with van der Waals surface area (Å²) in [5, 5.41) is 2.03. The molecular weight excluding hydrogens is 282 g/mol. The van der Waals surface area contributed by atoms with Crippen molar-refractivity contribution >= 4 is 20.8 Å². The number of hydrogen-bond donors (Lipinski definition) is 1. The lowest BCUT2D eigenvalue weighted by Crippen LogP contribution is -2.38. The Kier molecular flexibility index (Phi) is 3.05. The molecule has 0 spiro atoms. The first-order chi connectivity index (χ1) is 10.1. The van der Waals surface area contributed by atoms with Crippen LogP contribution in [0.25, 0.3) is 10.8 Å². The summed E-state index contributed by atoms with van der Waals surface area (Å²) in [4.78, 5) is 0.379. The van der Waals surface area contributed by atoms with Gasteiger partial charge in [0.25, 0.3) is 0 Å². The highest BCUT2D eigenvalue weighted by atomic mass is 32.2. The van der Waals surface area contributed by atoms with Crippen LogP contribution in [0.5, 0.6) is 0 Å². The first kappa shape index (κ1) is 13.3. The van der Waals surface area contributed by atoms with Crippen LogP contribution in [0.4, 0.5) is 0 Å². The number of sulfonamides is 1. The van der Waals surface area contributed by atoms with Crippen molar-refractivity contribution in [2.45, 2.75) is 36.6 Å². The van der Waals surface area contributed by atoms with Crippen LogP contribution in [-0.4, -0.2) is 14.5 Å². The van der Waals surface area contributed by atoms with Crippen molar-refractivity contribution in [1.29, 1.82) is 0 Å². The predicted molar refractivity (Wildman–Crippen MR) is 83.5 cm³/mol. The third kappa shape index (κ3) is 2.36. The molecule has 2 aliphatic rings. The van der Waals surface area contributed by atoms with Gasteiger partial charge in [0.15, 0.2) is 0 Å². The molecule has 4 rings (SSSR count). The van der Waals surface area contributed by atoms with Crippen LogP contribution in [0.1, 0.15) is 25.7 Å². The Bertz CT molecular complexity index is 784. The van der Waals surface area contributed by atoms with E-state index in [1.807, 2.05) is 30.3 Å². The molecule has 2 aromatic carbocycles. The fourth-order valence-corrected chi connectivity index (χ4v) is 5.34. The smallest absolute Gasteiger partial charge is 0.208 e. The van der Waals surface area contributed by atoms with Crippen LogP contribution in [0, 0.1) is 11.8 Å². The Morgan fingerprint density at radius 3 is 2.48 bits per heavy atom. The van der Waals surface area contributed by atoms with Gasteiger partial charge >= 0.3 is 0 Å². The van der Waals surface area contributed by atoms with Crippen molar-refractivity contribution in [3.63, 3.8) is 0 Å². The summed E-state index contributed by atoms with van der Waals surface area (Å²) in [7, 11) is -3.41. The van der Waals surface area contributed by atoms with E-state index in [-0.39, 0.29) is 6.04 Å². The molecule has 0 amide bonds. The van der Waals surface area contributed by atoms with Gasteiger partial charge in [-0.2, -0.15) is 0 Å². The summed E-state index contributed by atoms with van der Waals surface area (Å²) in [5.41, 5.74) is 0.